The number of ether oxygens (including phenoxy) is 1. The lowest BCUT2D eigenvalue weighted by molar-refractivity contribution is -0.720. The summed E-state index contributed by atoms with van der Waals surface area (Å²) >= 11 is 0. The van der Waals surface area contributed by atoms with Crippen molar-refractivity contribution in [3.63, 3.8) is 0 Å². The molecule has 1 aromatic rings. The van der Waals surface area contributed by atoms with Gasteiger partial charge in [0.2, 0.25) is 5.28 Å². The third-order valence-electron chi connectivity index (χ3n) is 5.25. The summed E-state index contributed by atoms with van der Waals surface area (Å²) in [6.45, 7) is 5.12. The van der Waals surface area contributed by atoms with E-state index in [4.69, 9.17) is 9.57 Å². The van der Waals surface area contributed by atoms with Gasteiger partial charge in [-0.15, -0.1) is 5.01 Å². The molecule has 0 atom stereocenters. The number of benzene rings is 1. The molecule has 1 aliphatic carbocycles. The molecule has 0 amide bonds. The SMILES string of the molecule is CN(/[N+]([O-])=N/OC1CCC(OCc2cc(C(F)(F)F)cc(C(F)(F)F)c2)CC1)C(C)(C)C. The van der Waals surface area contributed by atoms with Crippen molar-refractivity contribution < 1.29 is 40.9 Å². The van der Waals surface area contributed by atoms with Crippen LogP contribution >= 0.6 is 0 Å². The molecular weight excluding hydrogens is 444 g/mol. The Balaban J connectivity index is 1.92. The molecule has 0 aromatic heterocycles. The van der Waals surface area contributed by atoms with Gasteiger partial charge in [-0.1, -0.05) is 0 Å². The Morgan fingerprint density at radius 3 is 1.84 bits per heavy atom. The summed E-state index contributed by atoms with van der Waals surface area (Å²) in [6, 6.07) is 1.42. The second kappa shape index (κ2) is 9.72. The van der Waals surface area contributed by atoms with Crippen LogP contribution in [0.4, 0.5) is 26.3 Å². The first kappa shape index (κ1) is 26.0. The number of nitrogens with zero attached hydrogens (tertiary/aromatic N) is 3. The molecule has 0 radical (unpaired) electrons. The molecule has 1 saturated carbocycles. The molecule has 0 N–H and O–H groups in total. The topological polar surface area (TPSA) is 60.1 Å². The highest BCUT2D eigenvalue weighted by atomic mass is 19.4. The number of alkyl halides is 6. The molecule has 2 rings (SSSR count). The van der Waals surface area contributed by atoms with Crippen molar-refractivity contribution >= 4 is 0 Å². The minimum absolute atomic E-state index is 0.0892. The Morgan fingerprint density at radius 2 is 1.41 bits per heavy atom. The average Bonchev–Trinajstić information content (AvgIpc) is 2.68. The molecule has 1 aromatic carbocycles. The lowest BCUT2D eigenvalue weighted by Gasteiger charge is -2.28. The van der Waals surface area contributed by atoms with E-state index in [9.17, 15) is 31.5 Å². The lowest BCUT2D eigenvalue weighted by Crippen LogP contribution is -2.42. The van der Waals surface area contributed by atoms with Crippen molar-refractivity contribution in [3.8, 4) is 0 Å². The van der Waals surface area contributed by atoms with E-state index in [1.807, 2.05) is 20.8 Å². The van der Waals surface area contributed by atoms with Gasteiger partial charge >= 0.3 is 12.4 Å². The van der Waals surface area contributed by atoms with Crippen LogP contribution in [-0.2, 0) is 28.5 Å². The summed E-state index contributed by atoms with van der Waals surface area (Å²) in [5.41, 5.74) is -3.39. The van der Waals surface area contributed by atoms with Crippen molar-refractivity contribution in [2.45, 2.75) is 83.2 Å². The van der Waals surface area contributed by atoms with E-state index in [0.29, 0.717) is 42.8 Å². The molecular formula is C20H27F6N3O3. The molecule has 1 fully saturated rings. The van der Waals surface area contributed by atoms with Gasteiger partial charge in [-0.05, 0) is 70.2 Å². The number of hydrazine groups is 1. The second-order valence-corrected chi connectivity index (χ2v) is 8.76. The Morgan fingerprint density at radius 1 is 0.938 bits per heavy atom. The zero-order chi connectivity index (χ0) is 24.3. The molecule has 12 heteroatoms. The van der Waals surface area contributed by atoms with Gasteiger partial charge in [-0.2, -0.15) is 26.3 Å². The normalized spacial score (nSPS) is 20.9. The van der Waals surface area contributed by atoms with E-state index in [2.05, 4.69) is 5.28 Å². The monoisotopic (exact) mass is 471 g/mol. The van der Waals surface area contributed by atoms with E-state index in [1.54, 1.807) is 7.05 Å². The minimum Gasteiger partial charge on any atom is -0.569 e. The summed E-state index contributed by atoms with van der Waals surface area (Å²) < 4.78 is 83.3. The fraction of sp³-hybridized carbons (Fsp3) is 0.700. The quantitative estimate of drug-likeness (QED) is 0.218. The predicted molar refractivity (Wildman–Crippen MR) is 102 cm³/mol. The number of rotatable bonds is 6. The third-order valence-corrected chi connectivity index (χ3v) is 5.25. The predicted octanol–water partition coefficient (Wildman–Crippen LogP) is 6.09. The molecule has 182 valence electrons. The standard InChI is InChI=1S/C20H27F6N3O3/c1-18(2,3)28(4)29(30)27-32-17-7-5-16(6-8-17)31-12-13-9-14(19(21,22)23)11-15(10-13)20(24,25)26/h9-11,16-17H,5-8,12H2,1-4H3/b29-27-. The van der Waals surface area contributed by atoms with Crippen LogP contribution in [0.15, 0.2) is 23.5 Å². The minimum atomic E-state index is -4.90. The van der Waals surface area contributed by atoms with Gasteiger partial charge in [0.05, 0.1) is 41.4 Å². The van der Waals surface area contributed by atoms with E-state index < -0.39 is 29.0 Å². The van der Waals surface area contributed by atoms with Gasteiger partial charge in [0, 0.05) is 0 Å². The Labute approximate surface area is 182 Å². The summed E-state index contributed by atoms with van der Waals surface area (Å²) in [5, 5.41) is 16.8. The van der Waals surface area contributed by atoms with Crippen molar-refractivity contribution in [1.29, 1.82) is 0 Å². The molecule has 1 aliphatic rings. The molecule has 32 heavy (non-hydrogen) atoms. The highest BCUT2D eigenvalue weighted by Gasteiger charge is 2.37. The van der Waals surface area contributed by atoms with Crippen LogP contribution < -0.4 is 0 Å². The molecule has 0 aliphatic heterocycles. The highest BCUT2D eigenvalue weighted by molar-refractivity contribution is 5.33. The number of hydrogen-bond donors (Lipinski definition) is 0. The fourth-order valence-corrected chi connectivity index (χ4v) is 3.04. The molecule has 0 unspecified atom stereocenters. The van der Waals surface area contributed by atoms with Crippen LogP contribution in [0.5, 0.6) is 0 Å². The Kier molecular flexibility index (Phi) is 7.90. The molecule has 0 spiro atoms. The van der Waals surface area contributed by atoms with E-state index >= 15 is 0 Å². The van der Waals surface area contributed by atoms with Crippen molar-refractivity contribution in [1.82, 2.24) is 5.01 Å². The molecule has 0 bridgehead atoms. The van der Waals surface area contributed by atoms with Gasteiger partial charge in [-0.25, -0.2) is 0 Å². The van der Waals surface area contributed by atoms with Gasteiger partial charge in [0.15, 0.2) is 0 Å². The van der Waals surface area contributed by atoms with Crippen LogP contribution in [0.1, 0.15) is 63.1 Å². The summed E-state index contributed by atoms with van der Waals surface area (Å²) in [7, 11) is 1.57. The van der Waals surface area contributed by atoms with Crippen LogP contribution in [-0.4, -0.2) is 34.8 Å². The van der Waals surface area contributed by atoms with Crippen molar-refractivity contribution in [3.05, 3.63) is 40.1 Å². The van der Waals surface area contributed by atoms with Crippen LogP contribution in [0.25, 0.3) is 0 Å². The zero-order valence-electron chi connectivity index (χ0n) is 18.3. The van der Waals surface area contributed by atoms with Crippen molar-refractivity contribution in [2.75, 3.05) is 7.05 Å². The maximum Gasteiger partial charge on any atom is 0.416 e. The largest absolute Gasteiger partial charge is 0.569 e. The highest BCUT2D eigenvalue weighted by Crippen LogP contribution is 2.36. The van der Waals surface area contributed by atoms with Gasteiger partial charge in [-0.3, -0.25) is 0 Å². The van der Waals surface area contributed by atoms with Crippen molar-refractivity contribution in [2.24, 2.45) is 5.28 Å². The van der Waals surface area contributed by atoms with Crippen LogP contribution in [0.3, 0.4) is 0 Å². The van der Waals surface area contributed by atoms with Crippen LogP contribution in [0, 0.1) is 5.21 Å². The first-order chi connectivity index (χ1) is 14.6. The third kappa shape index (κ3) is 7.42. The lowest BCUT2D eigenvalue weighted by atomic mass is 9.95. The first-order valence-electron chi connectivity index (χ1n) is 10.0. The van der Waals surface area contributed by atoms with Gasteiger partial charge in [0.25, 0.3) is 0 Å². The Hall–Kier alpha value is -2.24. The van der Waals surface area contributed by atoms with E-state index in [0.717, 1.165) is 0 Å². The fourth-order valence-electron chi connectivity index (χ4n) is 3.04. The molecule has 0 heterocycles. The molecule has 0 saturated heterocycles. The van der Waals surface area contributed by atoms with E-state index in [1.165, 1.54) is 5.01 Å². The summed E-state index contributed by atoms with van der Waals surface area (Å²) in [4.78, 5) is 5.63. The van der Waals surface area contributed by atoms with E-state index in [-0.39, 0.29) is 30.4 Å². The number of hydrogen-bond acceptors (Lipinski definition) is 4. The second-order valence-electron chi connectivity index (χ2n) is 8.76. The smallest absolute Gasteiger partial charge is 0.416 e. The zero-order valence-corrected chi connectivity index (χ0v) is 18.3. The number of halogens is 6. The van der Waals surface area contributed by atoms with Crippen LogP contribution in [0.2, 0.25) is 0 Å². The molecule has 6 nitrogen and oxygen atoms in total. The Bertz CT molecular complexity index is 765. The van der Waals surface area contributed by atoms with Gasteiger partial charge < -0.3 is 14.8 Å². The maximum absolute atomic E-state index is 13.0. The summed E-state index contributed by atoms with van der Waals surface area (Å²) in [5.74, 6) is 0. The summed E-state index contributed by atoms with van der Waals surface area (Å²) in [6.07, 6.45) is -8.56. The first-order valence-corrected chi connectivity index (χ1v) is 10.0. The average molecular weight is 471 g/mol. The maximum atomic E-state index is 13.0. The van der Waals surface area contributed by atoms with Gasteiger partial charge in [0.1, 0.15) is 6.10 Å².